The van der Waals surface area contributed by atoms with Gasteiger partial charge in [-0.2, -0.15) is 0 Å². The van der Waals surface area contributed by atoms with Crippen LogP contribution in [0.15, 0.2) is 24.3 Å². The van der Waals surface area contributed by atoms with Crippen molar-refractivity contribution >= 4 is 17.5 Å². The van der Waals surface area contributed by atoms with E-state index in [1.54, 1.807) is 17.0 Å². The molecule has 1 aromatic rings. The number of para-hydroxylation sites is 2. The first-order chi connectivity index (χ1) is 12.4. The first kappa shape index (κ1) is 19.6. The van der Waals surface area contributed by atoms with E-state index in [1.807, 2.05) is 18.7 Å². The highest BCUT2D eigenvalue weighted by Gasteiger charge is 2.23. The summed E-state index contributed by atoms with van der Waals surface area (Å²) in [7, 11) is 0. The molecule has 26 heavy (non-hydrogen) atoms. The van der Waals surface area contributed by atoms with Crippen LogP contribution < -0.4 is 10.1 Å². The second-order valence-corrected chi connectivity index (χ2v) is 6.39. The molecule has 2 amide bonds. The molecule has 9 heteroatoms. The van der Waals surface area contributed by atoms with Crippen LogP contribution in [0.2, 0.25) is 0 Å². The zero-order chi connectivity index (χ0) is 19.1. The van der Waals surface area contributed by atoms with Gasteiger partial charge in [-0.15, -0.1) is 0 Å². The highest BCUT2D eigenvalue weighted by Crippen LogP contribution is 2.25. The van der Waals surface area contributed by atoms with E-state index in [9.17, 15) is 19.7 Å². The Kier molecular flexibility index (Phi) is 6.90. The lowest BCUT2D eigenvalue weighted by Gasteiger charge is -2.34. The predicted octanol–water partition coefficient (Wildman–Crippen LogP) is 0.642. The SMILES string of the molecule is CC(C)NC(=O)CN1CCN(C(=O)COc2ccccc2[N+](=O)[O-])CC1. The van der Waals surface area contributed by atoms with Gasteiger partial charge in [0.1, 0.15) is 0 Å². The van der Waals surface area contributed by atoms with E-state index in [-0.39, 0.29) is 35.9 Å². The first-order valence-corrected chi connectivity index (χ1v) is 8.52. The number of hydrogen-bond donors (Lipinski definition) is 1. The highest BCUT2D eigenvalue weighted by atomic mass is 16.6. The van der Waals surface area contributed by atoms with Gasteiger partial charge in [-0.3, -0.25) is 24.6 Å². The number of piperazine rings is 1. The number of hydrogen-bond acceptors (Lipinski definition) is 6. The fourth-order valence-electron chi connectivity index (χ4n) is 2.69. The maximum Gasteiger partial charge on any atom is 0.310 e. The lowest BCUT2D eigenvalue weighted by molar-refractivity contribution is -0.385. The van der Waals surface area contributed by atoms with Gasteiger partial charge in [0.2, 0.25) is 5.91 Å². The molecule has 1 aliphatic rings. The van der Waals surface area contributed by atoms with Gasteiger partial charge >= 0.3 is 5.69 Å². The number of nitrogens with zero attached hydrogens (tertiary/aromatic N) is 3. The van der Waals surface area contributed by atoms with Gasteiger partial charge in [-0.25, -0.2) is 0 Å². The van der Waals surface area contributed by atoms with Crippen molar-refractivity contribution in [3.63, 3.8) is 0 Å². The summed E-state index contributed by atoms with van der Waals surface area (Å²) in [6.45, 7) is 6.07. The van der Waals surface area contributed by atoms with E-state index in [1.165, 1.54) is 12.1 Å². The number of carbonyl (C=O) groups is 2. The van der Waals surface area contributed by atoms with Crippen LogP contribution in [0, 0.1) is 10.1 Å². The third-order valence-corrected chi connectivity index (χ3v) is 3.95. The summed E-state index contributed by atoms with van der Waals surface area (Å²) in [4.78, 5) is 38.1. The maximum absolute atomic E-state index is 12.3. The molecular weight excluding hydrogens is 340 g/mol. The third-order valence-electron chi connectivity index (χ3n) is 3.95. The van der Waals surface area contributed by atoms with E-state index in [0.29, 0.717) is 32.7 Å². The maximum atomic E-state index is 12.3. The molecule has 1 aliphatic heterocycles. The molecule has 0 aromatic heterocycles. The van der Waals surface area contributed by atoms with Crippen LogP contribution >= 0.6 is 0 Å². The Hall–Kier alpha value is -2.68. The summed E-state index contributed by atoms with van der Waals surface area (Å²) >= 11 is 0. The Balaban J connectivity index is 1.78. The Morgan fingerprint density at radius 2 is 1.88 bits per heavy atom. The van der Waals surface area contributed by atoms with Crippen LogP contribution in [0.5, 0.6) is 5.75 Å². The molecule has 9 nitrogen and oxygen atoms in total. The van der Waals surface area contributed by atoms with Crippen molar-refractivity contribution in [2.24, 2.45) is 0 Å². The molecule has 0 saturated carbocycles. The molecule has 0 radical (unpaired) electrons. The molecule has 1 N–H and O–H groups in total. The predicted molar refractivity (Wildman–Crippen MR) is 94.9 cm³/mol. The standard InChI is InChI=1S/C17H24N4O5/c1-13(2)18-16(22)11-19-7-9-20(10-8-19)17(23)12-26-15-6-4-3-5-14(15)21(24)25/h3-6,13H,7-12H2,1-2H3,(H,18,22). The Labute approximate surface area is 152 Å². The smallest absolute Gasteiger partial charge is 0.310 e. The summed E-state index contributed by atoms with van der Waals surface area (Å²) in [5.41, 5.74) is -0.165. The van der Waals surface area contributed by atoms with Crippen LogP contribution in [0.1, 0.15) is 13.8 Å². The molecule has 1 heterocycles. The molecule has 1 aromatic carbocycles. The lowest BCUT2D eigenvalue weighted by atomic mass is 10.3. The van der Waals surface area contributed by atoms with Crippen molar-refractivity contribution in [3.8, 4) is 5.75 Å². The Morgan fingerprint density at radius 1 is 1.23 bits per heavy atom. The molecule has 0 aliphatic carbocycles. The summed E-state index contributed by atoms with van der Waals surface area (Å²) in [5.74, 6) is -0.177. The molecule has 0 spiro atoms. The number of nitro groups is 1. The van der Waals surface area contributed by atoms with Crippen molar-refractivity contribution in [3.05, 3.63) is 34.4 Å². The average molecular weight is 364 g/mol. The van der Waals surface area contributed by atoms with Gasteiger partial charge in [0.25, 0.3) is 5.91 Å². The fraction of sp³-hybridized carbons (Fsp3) is 0.529. The summed E-state index contributed by atoms with van der Waals surface area (Å²) in [5, 5.41) is 13.8. The average Bonchev–Trinajstić information content (AvgIpc) is 2.59. The largest absolute Gasteiger partial charge is 0.477 e. The molecule has 0 atom stereocenters. The molecule has 142 valence electrons. The zero-order valence-electron chi connectivity index (χ0n) is 15.0. The first-order valence-electron chi connectivity index (χ1n) is 8.52. The van der Waals surface area contributed by atoms with Crippen LogP contribution in [0.4, 0.5) is 5.69 Å². The Morgan fingerprint density at radius 3 is 2.50 bits per heavy atom. The highest BCUT2D eigenvalue weighted by molar-refractivity contribution is 5.79. The number of amides is 2. The van der Waals surface area contributed by atoms with E-state index in [2.05, 4.69) is 5.32 Å². The van der Waals surface area contributed by atoms with E-state index < -0.39 is 4.92 Å². The molecule has 0 unspecified atom stereocenters. The minimum absolute atomic E-state index is 0.0282. The number of ether oxygens (including phenoxy) is 1. The van der Waals surface area contributed by atoms with Gasteiger partial charge in [0.05, 0.1) is 11.5 Å². The minimum atomic E-state index is -0.541. The van der Waals surface area contributed by atoms with Gasteiger partial charge in [-0.1, -0.05) is 12.1 Å². The van der Waals surface area contributed by atoms with E-state index >= 15 is 0 Å². The van der Waals surface area contributed by atoms with Crippen LogP contribution in [0.25, 0.3) is 0 Å². The van der Waals surface area contributed by atoms with Crippen molar-refractivity contribution in [2.45, 2.75) is 19.9 Å². The molecular formula is C17H24N4O5. The second kappa shape index (κ2) is 9.14. The number of carbonyl (C=O) groups excluding carboxylic acids is 2. The number of nitrogens with one attached hydrogen (secondary N) is 1. The number of nitro benzene ring substituents is 1. The quantitative estimate of drug-likeness (QED) is 0.562. The molecule has 0 bridgehead atoms. The molecule has 1 saturated heterocycles. The lowest BCUT2D eigenvalue weighted by Crippen LogP contribution is -2.52. The van der Waals surface area contributed by atoms with Crippen molar-refractivity contribution in [2.75, 3.05) is 39.3 Å². The summed E-state index contributed by atoms with van der Waals surface area (Å²) in [6.07, 6.45) is 0. The minimum Gasteiger partial charge on any atom is -0.477 e. The van der Waals surface area contributed by atoms with Crippen LogP contribution in [0.3, 0.4) is 0 Å². The number of benzene rings is 1. The van der Waals surface area contributed by atoms with Crippen LogP contribution in [-0.2, 0) is 9.59 Å². The van der Waals surface area contributed by atoms with Gasteiger partial charge in [0, 0.05) is 38.3 Å². The van der Waals surface area contributed by atoms with E-state index in [0.717, 1.165) is 0 Å². The normalized spacial score (nSPS) is 15.0. The monoisotopic (exact) mass is 364 g/mol. The summed E-state index contributed by atoms with van der Waals surface area (Å²) < 4.78 is 5.34. The zero-order valence-corrected chi connectivity index (χ0v) is 15.0. The fourth-order valence-corrected chi connectivity index (χ4v) is 2.69. The number of rotatable bonds is 7. The second-order valence-electron chi connectivity index (χ2n) is 6.39. The van der Waals surface area contributed by atoms with E-state index in [4.69, 9.17) is 4.74 Å². The summed E-state index contributed by atoms with van der Waals surface area (Å²) in [6, 6.07) is 6.07. The third kappa shape index (κ3) is 5.69. The van der Waals surface area contributed by atoms with Gasteiger partial charge in [-0.05, 0) is 19.9 Å². The van der Waals surface area contributed by atoms with Crippen molar-refractivity contribution in [1.29, 1.82) is 0 Å². The Bertz CT molecular complexity index is 656. The van der Waals surface area contributed by atoms with Crippen molar-refractivity contribution in [1.82, 2.24) is 15.1 Å². The topological polar surface area (TPSA) is 105 Å². The molecule has 2 rings (SSSR count). The van der Waals surface area contributed by atoms with Gasteiger partial charge in [0.15, 0.2) is 12.4 Å². The van der Waals surface area contributed by atoms with Crippen LogP contribution in [-0.4, -0.2) is 71.9 Å². The van der Waals surface area contributed by atoms with Crippen molar-refractivity contribution < 1.29 is 19.2 Å². The van der Waals surface area contributed by atoms with Gasteiger partial charge < -0.3 is 15.0 Å². The molecule has 1 fully saturated rings.